The molecule has 0 aromatic rings. The Morgan fingerprint density at radius 1 is 1.80 bits per heavy atom. The van der Waals surface area contributed by atoms with Gasteiger partial charge in [0.25, 0.3) is 0 Å². The molecule has 1 aliphatic rings. The molecule has 1 rings (SSSR count). The molecule has 1 heterocycles. The van der Waals surface area contributed by atoms with Gasteiger partial charge >= 0.3 is 6.03 Å². The van der Waals surface area contributed by atoms with Crippen LogP contribution in [-0.2, 0) is 0 Å². The molecule has 3 nitrogen and oxygen atoms in total. The minimum absolute atomic E-state index is 0.521. The molecule has 0 atom stereocenters. The van der Waals surface area contributed by atoms with Crippen molar-refractivity contribution in [2.75, 3.05) is 0 Å². The first-order valence-corrected chi connectivity index (χ1v) is 3.66. The van der Waals surface area contributed by atoms with E-state index in [9.17, 15) is 4.79 Å². The minimum atomic E-state index is -0.521. The number of primary amides is 1. The number of hydrogen-bond donors (Lipinski definition) is 1. The van der Waals surface area contributed by atoms with Crippen LogP contribution >= 0.6 is 23.5 Å². The van der Waals surface area contributed by atoms with Crippen LogP contribution in [0.1, 0.15) is 0 Å². The number of carbonyl (C=O) groups excluding carboxylic acids is 1. The van der Waals surface area contributed by atoms with Crippen molar-refractivity contribution in [3.8, 4) is 0 Å². The van der Waals surface area contributed by atoms with Gasteiger partial charge < -0.3 is 5.73 Å². The van der Waals surface area contributed by atoms with Crippen molar-refractivity contribution in [2.45, 2.75) is 0 Å². The number of carbonyl (C=O) groups is 1. The van der Waals surface area contributed by atoms with Crippen LogP contribution in [-0.4, -0.2) is 10.3 Å². The van der Waals surface area contributed by atoms with Gasteiger partial charge in [0.15, 0.2) is 0 Å². The highest BCUT2D eigenvalue weighted by atomic mass is 35.5. The Bertz CT molecular complexity index is 214. The predicted molar refractivity (Wildman–Crippen MR) is 42.1 cm³/mol. The highest BCUT2D eigenvalue weighted by molar-refractivity contribution is 8.03. The summed E-state index contributed by atoms with van der Waals surface area (Å²) >= 11 is 6.67. The lowest BCUT2D eigenvalue weighted by Crippen LogP contribution is -2.25. The van der Waals surface area contributed by atoms with Crippen molar-refractivity contribution >= 4 is 29.6 Å². The van der Waals surface area contributed by atoms with Crippen molar-refractivity contribution < 1.29 is 4.79 Å². The molecular weight excluding hydrogens is 172 g/mol. The Morgan fingerprint density at radius 3 is 2.90 bits per heavy atom. The smallest absolute Gasteiger partial charge is 0.329 e. The molecule has 0 spiro atoms. The summed E-state index contributed by atoms with van der Waals surface area (Å²) in [6, 6.07) is -0.521. The van der Waals surface area contributed by atoms with Crippen molar-refractivity contribution in [1.29, 1.82) is 0 Å². The topological polar surface area (TPSA) is 46.3 Å². The van der Waals surface area contributed by atoms with Crippen LogP contribution in [0.25, 0.3) is 0 Å². The molecule has 0 fully saturated rings. The van der Waals surface area contributed by atoms with Crippen LogP contribution in [0.2, 0.25) is 0 Å². The van der Waals surface area contributed by atoms with E-state index in [0.717, 1.165) is 11.9 Å². The van der Waals surface area contributed by atoms with E-state index in [1.165, 1.54) is 4.31 Å². The van der Waals surface area contributed by atoms with Crippen molar-refractivity contribution in [3.63, 3.8) is 0 Å². The van der Waals surface area contributed by atoms with E-state index in [2.05, 4.69) is 0 Å². The van der Waals surface area contributed by atoms with E-state index < -0.39 is 6.03 Å². The molecule has 2 N–H and O–H groups in total. The number of allylic oxidation sites excluding steroid dienone is 2. The summed E-state index contributed by atoms with van der Waals surface area (Å²) in [6.07, 6.45) is 4.90. The first kappa shape index (κ1) is 7.50. The summed E-state index contributed by atoms with van der Waals surface area (Å²) in [6.45, 7) is 0. The number of urea groups is 1. The average Bonchev–Trinajstić information content (AvgIpc) is 1.88. The molecule has 0 unspecified atom stereocenters. The fraction of sp³-hybridized carbons (Fsp3) is 0. The third-order valence-electron chi connectivity index (χ3n) is 0.851. The number of rotatable bonds is 0. The van der Waals surface area contributed by atoms with Gasteiger partial charge in [0, 0.05) is 18.1 Å². The molecule has 10 heavy (non-hydrogen) atoms. The van der Waals surface area contributed by atoms with E-state index in [1.807, 2.05) is 0 Å². The monoisotopic (exact) mass is 176 g/mol. The lowest BCUT2D eigenvalue weighted by molar-refractivity contribution is 0.242. The molecule has 0 saturated heterocycles. The van der Waals surface area contributed by atoms with Crippen molar-refractivity contribution in [2.24, 2.45) is 5.73 Å². The molecular formula is C5H5ClN2OS. The molecule has 0 saturated carbocycles. The third kappa shape index (κ3) is 1.68. The quantitative estimate of drug-likeness (QED) is 0.571. The van der Waals surface area contributed by atoms with Gasteiger partial charge in [-0.1, -0.05) is 11.6 Å². The molecule has 54 valence electrons. The lowest BCUT2D eigenvalue weighted by atomic mass is 10.6. The average molecular weight is 177 g/mol. The second-order valence-corrected chi connectivity index (χ2v) is 3.21. The van der Waals surface area contributed by atoms with Gasteiger partial charge in [-0.25, -0.2) is 9.10 Å². The van der Waals surface area contributed by atoms with Crippen LogP contribution in [0.5, 0.6) is 0 Å². The Balaban J connectivity index is 2.64. The number of hydrogen-bond acceptors (Lipinski definition) is 2. The zero-order valence-corrected chi connectivity index (χ0v) is 6.52. The summed E-state index contributed by atoms with van der Waals surface area (Å²) in [7, 11) is 0. The summed E-state index contributed by atoms with van der Waals surface area (Å²) < 4.78 is 1.78. The molecule has 2 amide bonds. The van der Waals surface area contributed by atoms with Gasteiger partial charge in [-0.3, -0.25) is 0 Å². The van der Waals surface area contributed by atoms with Crippen LogP contribution in [0, 0.1) is 0 Å². The van der Waals surface area contributed by atoms with Crippen LogP contribution in [0.3, 0.4) is 0 Å². The zero-order chi connectivity index (χ0) is 7.56. The largest absolute Gasteiger partial charge is 0.350 e. The number of nitrogens with zero attached hydrogens (tertiary/aromatic N) is 1. The molecule has 0 aliphatic carbocycles. The van der Waals surface area contributed by atoms with E-state index in [4.69, 9.17) is 17.3 Å². The van der Waals surface area contributed by atoms with E-state index in [0.29, 0.717) is 4.36 Å². The van der Waals surface area contributed by atoms with Crippen LogP contribution in [0.15, 0.2) is 22.7 Å². The number of nitrogens with two attached hydrogens (primary N) is 1. The number of amides is 2. The summed E-state index contributed by atoms with van der Waals surface area (Å²) in [5.41, 5.74) is 4.96. The maximum atomic E-state index is 10.5. The van der Waals surface area contributed by atoms with Gasteiger partial charge in [0.05, 0.1) is 4.36 Å². The Hall–Kier alpha value is -0.610. The fourth-order valence-electron chi connectivity index (χ4n) is 0.470. The Labute approximate surface area is 67.6 Å². The summed E-state index contributed by atoms with van der Waals surface area (Å²) in [4.78, 5) is 10.5. The summed E-state index contributed by atoms with van der Waals surface area (Å²) in [5.74, 6) is 0. The standard InChI is InChI=1S/C5H5ClN2OS/c6-4-2-1-3-8(10-4)5(7)9/h1-3H,(H2,7,9). The van der Waals surface area contributed by atoms with Gasteiger partial charge in [0.1, 0.15) is 0 Å². The van der Waals surface area contributed by atoms with Gasteiger partial charge in [-0.15, -0.1) is 0 Å². The van der Waals surface area contributed by atoms with Crippen molar-refractivity contribution in [1.82, 2.24) is 4.31 Å². The third-order valence-corrected chi connectivity index (χ3v) is 1.99. The normalized spacial score (nSPS) is 16.9. The van der Waals surface area contributed by atoms with E-state index in [-0.39, 0.29) is 0 Å². The van der Waals surface area contributed by atoms with E-state index >= 15 is 0 Å². The molecule has 0 radical (unpaired) electrons. The zero-order valence-electron chi connectivity index (χ0n) is 4.95. The van der Waals surface area contributed by atoms with Crippen molar-refractivity contribution in [3.05, 3.63) is 22.7 Å². The van der Waals surface area contributed by atoms with Gasteiger partial charge in [0.2, 0.25) is 0 Å². The molecule has 5 heteroatoms. The van der Waals surface area contributed by atoms with E-state index in [1.54, 1.807) is 18.4 Å². The second-order valence-electron chi connectivity index (χ2n) is 1.57. The SMILES string of the molecule is NC(=O)N1C=CC=C(Cl)S1. The number of halogens is 1. The highest BCUT2D eigenvalue weighted by Crippen LogP contribution is 2.27. The predicted octanol–water partition coefficient (Wildman–Crippen LogP) is 1.62. The lowest BCUT2D eigenvalue weighted by Gasteiger charge is -2.14. The summed E-state index contributed by atoms with van der Waals surface area (Å²) in [5, 5.41) is 0. The molecule has 0 bridgehead atoms. The van der Waals surface area contributed by atoms with Gasteiger partial charge in [-0.2, -0.15) is 0 Å². The van der Waals surface area contributed by atoms with Gasteiger partial charge in [-0.05, 0) is 12.2 Å². The minimum Gasteiger partial charge on any atom is -0.350 e. The Kier molecular flexibility index (Phi) is 2.24. The molecule has 0 aromatic heterocycles. The highest BCUT2D eigenvalue weighted by Gasteiger charge is 2.10. The van der Waals surface area contributed by atoms with Crippen LogP contribution < -0.4 is 5.73 Å². The maximum absolute atomic E-state index is 10.5. The first-order valence-electron chi connectivity index (χ1n) is 2.51. The molecule has 1 aliphatic heterocycles. The Morgan fingerprint density at radius 2 is 2.50 bits per heavy atom. The fourth-order valence-corrected chi connectivity index (χ4v) is 1.31. The van der Waals surface area contributed by atoms with Crippen LogP contribution in [0.4, 0.5) is 4.79 Å². The molecule has 0 aromatic carbocycles. The first-order chi connectivity index (χ1) is 4.70. The maximum Gasteiger partial charge on any atom is 0.329 e. The second kappa shape index (κ2) is 2.98.